The van der Waals surface area contributed by atoms with Gasteiger partial charge in [-0.15, -0.1) is 0 Å². The van der Waals surface area contributed by atoms with E-state index in [9.17, 15) is 14.4 Å². The standard InChI is InChI=1S/C24H25ClN4O3S/c1-4-14(2)16-5-8-18(9-6-16)29-22(31)19-10-7-17(25)13-20(19)27-24(29)33-15(3)21(30)28-12-11-26-23(28)32/h5-10,13-15H,4,11-12H2,1-3H3,(H,26,32). The smallest absolute Gasteiger partial charge is 0.324 e. The highest BCUT2D eigenvalue weighted by atomic mass is 35.5. The second-order valence-electron chi connectivity index (χ2n) is 8.08. The monoisotopic (exact) mass is 484 g/mol. The number of rotatable bonds is 6. The first-order valence-corrected chi connectivity index (χ1v) is 12.1. The number of nitrogens with one attached hydrogen (secondary N) is 1. The molecule has 1 fully saturated rings. The Labute approximate surface area is 201 Å². The molecule has 3 aromatic rings. The lowest BCUT2D eigenvalue weighted by Gasteiger charge is -2.19. The number of hydrogen-bond acceptors (Lipinski definition) is 5. The second kappa shape index (κ2) is 9.57. The summed E-state index contributed by atoms with van der Waals surface area (Å²) in [4.78, 5) is 44.2. The molecule has 1 saturated heterocycles. The quantitative estimate of drug-likeness (QED) is 0.408. The van der Waals surface area contributed by atoms with Crippen molar-refractivity contribution < 1.29 is 9.59 Å². The molecular formula is C24H25ClN4O3S. The van der Waals surface area contributed by atoms with Crippen LogP contribution < -0.4 is 10.9 Å². The lowest BCUT2D eigenvalue weighted by Crippen LogP contribution is -2.39. The van der Waals surface area contributed by atoms with Gasteiger partial charge in [-0.1, -0.05) is 49.3 Å². The van der Waals surface area contributed by atoms with Crippen LogP contribution in [0.4, 0.5) is 4.79 Å². The Morgan fingerprint density at radius 1 is 1.18 bits per heavy atom. The summed E-state index contributed by atoms with van der Waals surface area (Å²) in [6.45, 7) is 6.76. The number of hydrogen-bond donors (Lipinski definition) is 1. The van der Waals surface area contributed by atoms with Crippen molar-refractivity contribution in [2.24, 2.45) is 0 Å². The normalized spacial score (nSPS) is 15.5. The number of thioether (sulfide) groups is 1. The van der Waals surface area contributed by atoms with Crippen molar-refractivity contribution in [1.29, 1.82) is 0 Å². The summed E-state index contributed by atoms with van der Waals surface area (Å²) in [7, 11) is 0. The number of nitrogens with zero attached hydrogens (tertiary/aromatic N) is 3. The molecule has 1 N–H and O–H groups in total. The number of fused-ring (bicyclic) bond motifs is 1. The van der Waals surface area contributed by atoms with E-state index in [2.05, 4.69) is 24.1 Å². The first kappa shape index (κ1) is 23.3. The number of carbonyl (C=O) groups is 2. The number of benzene rings is 2. The predicted octanol–water partition coefficient (Wildman–Crippen LogP) is 4.59. The van der Waals surface area contributed by atoms with Gasteiger partial charge in [-0.05, 0) is 55.2 Å². The molecule has 172 valence electrons. The summed E-state index contributed by atoms with van der Waals surface area (Å²) in [6.07, 6.45) is 1.02. The topological polar surface area (TPSA) is 84.3 Å². The van der Waals surface area contributed by atoms with E-state index in [0.29, 0.717) is 45.8 Å². The zero-order chi connectivity index (χ0) is 23.7. The van der Waals surface area contributed by atoms with Crippen molar-refractivity contribution in [3.63, 3.8) is 0 Å². The molecule has 1 aliphatic heterocycles. The number of amides is 3. The molecule has 0 bridgehead atoms. The van der Waals surface area contributed by atoms with Gasteiger partial charge in [0.25, 0.3) is 5.56 Å². The highest BCUT2D eigenvalue weighted by Gasteiger charge is 2.31. The Bertz CT molecular complexity index is 1280. The molecule has 0 radical (unpaired) electrons. The van der Waals surface area contributed by atoms with Gasteiger partial charge < -0.3 is 5.32 Å². The number of imide groups is 1. The summed E-state index contributed by atoms with van der Waals surface area (Å²) in [5.74, 6) is 0.0832. The van der Waals surface area contributed by atoms with Crippen LogP contribution in [0.3, 0.4) is 0 Å². The molecule has 0 spiro atoms. The largest absolute Gasteiger partial charge is 0.336 e. The van der Waals surface area contributed by atoms with Crippen LogP contribution in [0.1, 0.15) is 38.7 Å². The van der Waals surface area contributed by atoms with Crippen LogP contribution in [0.25, 0.3) is 16.6 Å². The molecule has 2 unspecified atom stereocenters. The summed E-state index contributed by atoms with van der Waals surface area (Å²) >= 11 is 7.29. The summed E-state index contributed by atoms with van der Waals surface area (Å²) in [5.41, 5.74) is 2.07. The number of carbonyl (C=O) groups excluding carboxylic acids is 2. The van der Waals surface area contributed by atoms with Gasteiger partial charge in [0.05, 0.1) is 21.8 Å². The number of urea groups is 1. The van der Waals surface area contributed by atoms with E-state index in [0.717, 1.165) is 18.2 Å². The zero-order valence-electron chi connectivity index (χ0n) is 18.7. The minimum atomic E-state index is -0.622. The van der Waals surface area contributed by atoms with E-state index in [1.54, 1.807) is 25.1 Å². The van der Waals surface area contributed by atoms with Crippen molar-refractivity contribution in [3.8, 4) is 5.69 Å². The summed E-state index contributed by atoms with van der Waals surface area (Å²) in [6, 6.07) is 12.4. The molecule has 7 nitrogen and oxygen atoms in total. The number of aromatic nitrogens is 2. The second-order valence-corrected chi connectivity index (χ2v) is 9.82. The molecule has 1 aromatic heterocycles. The van der Waals surface area contributed by atoms with Gasteiger partial charge in [0.1, 0.15) is 0 Å². The first-order valence-electron chi connectivity index (χ1n) is 10.9. The predicted molar refractivity (Wildman–Crippen MR) is 131 cm³/mol. The SMILES string of the molecule is CCC(C)c1ccc(-n2c(SC(C)C(=O)N3CCNC3=O)nc3cc(Cl)ccc3c2=O)cc1. The highest BCUT2D eigenvalue weighted by Crippen LogP contribution is 2.28. The molecular weight excluding hydrogens is 460 g/mol. The Morgan fingerprint density at radius 2 is 1.91 bits per heavy atom. The molecule has 0 aliphatic carbocycles. The Balaban J connectivity index is 1.79. The maximum absolute atomic E-state index is 13.5. The van der Waals surface area contributed by atoms with Crippen molar-refractivity contribution in [2.45, 2.75) is 43.5 Å². The minimum Gasteiger partial charge on any atom is -0.336 e. The maximum atomic E-state index is 13.5. The van der Waals surface area contributed by atoms with Gasteiger partial charge in [0.2, 0.25) is 5.91 Å². The molecule has 2 aromatic carbocycles. The van der Waals surface area contributed by atoms with Gasteiger partial charge in [-0.2, -0.15) is 0 Å². The maximum Gasteiger partial charge on any atom is 0.324 e. The van der Waals surface area contributed by atoms with Gasteiger partial charge in [-0.3, -0.25) is 19.1 Å². The van der Waals surface area contributed by atoms with Crippen molar-refractivity contribution in [2.75, 3.05) is 13.1 Å². The Morgan fingerprint density at radius 3 is 2.55 bits per heavy atom. The molecule has 33 heavy (non-hydrogen) atoms. The van der Waals surface area contributed by atoms with Gasteiger partial charge >= 0.3 is 6.03 Å². The van der Waals surface area contributed by atoms with Crippen LogP contribution in [0, 0.1) is 0 Å². The van der Waals surface area contributed by atoms with E-state index < -0.39 is 11.3 Å². The van der Waals surface area contributed by atoms with E-state index in [1.807, 2.05) is 24.3 Å². The van der Waals surface area contributed by atoms with Crippen LogP contribution in [0.15, 0.2) is 52.4 Å². The molecule has 2 atom stereocenters. The van der Waals surface area contributed by atoms with Crippen LogP contribution in [-0.4, -0.2) is 44.7 Å². The van der Waals surface area contributed by atoms with Crippen LogP contribution in [0.5, 0.6) is 0 Å². The third kappa shape index (κ3) is 4.63. The molecule has 4 rings (SSSR count). The van der Waals surface area contributed by atoms with E-state index in [-0.39, 0.29) is 11.5 Å². The van der Waals surface area contributed by atoms with E-state index in [4.69, 9.17) is 11.6 Å². The lowest BCUT2D eigenvalue weighted by atomic mass is 9.98. The summed E-state index contributed by atoms with van der Waals surface area (Å²) in [5, 5.41) is 3.29. The zero-order valence-corrected chi connectivity index (χ0v) is 20.2. The van der Waals surface area contributed by atoms with Crippen molar-refractivity contribution in [1.82, 2.24) is 19.8 Å². The molecule has 9 heteroatoms. The fraction of sp³-hybridized carbons (Fsp3) is 0.333. The molecule has 2 heterocycles. The van der Waals surface area contributed by atoms with E-state index in [1.165, 1.54) is 15.0 Å². The first-order chi connectivity index (χ1) is 15.8. The Hall–Kier alpha value is -2.84. The average Bonchev–Trinajstić information content (AvgIpc) is 3.23. The Kier molecular flexibility index (Phi) is 6.76. The third-order valence-corrected chi connectivity index (χ3v) is 7.16. The van der Waals surface area contributed by atoms with Crippen LogP contribution in [-0.2, 0) is 4.79 Å². The molecule has 3 amide bonds. The average molecular weight is 485 g/mol. The van der Waals surface area contributed by atoms with Crippen LogP contribution >= 0.6 is 23.4 Å². The van der Waals surface area contributed by atoms with Gasteiger partial charge in [-0.25, -0.2) is 9.78 Å². The number of halogens is 1. The fourth-order valence-corrected chi connectivity index (χ4v) is 4.90. The highest BCUT2D eigenvalue weighted by molar-refractivity contribution is 8.00. The minimum absolute atomic E-state index is 0.242. The lowest BCUT2D eigenvalue weighted by molar-refractivity contribution is -0.126. The van der Waals surface area contributed by atoms with Crippen molar-refractivity contribution >= 4 is 46.2 Å². The van der Waals surface area contributed by atoms with Gasteiger partial charge in [0, 0.05) is 18.1 Å². The molecule has 1 aliphatic rings. The van der Waals surface area contributed by atoms with Gasteiger partial charge in [0.15, 0.2) is 5.16 Å². The molecule has 0 saturated carbocycles. The van der Waals surface area contributed by atoms with Crippen molar-refractivity contribution in [3.05, 3.63) is 63.4 Å². The van der Waals surface area contributed by atoms with Crippen LogP contribution in [0.2, 0.25) is 5.02 Å². The summed E-state index contributed by atoms with van der Waals surface area (Å²) < 4.78 is 1.52. The fourth-order valence-electron chi connectivity index (χ4n) is 3.74. The third-order valence-electron chi connectivity index (χ3n) is 5.89. The van der Waals surface area contributed by atoms with E-state index >= 15 is 0 Å².